The minimum absolute atomic E-state index is 0.0000412. The van der Waals surface area contributed by atoms with Crippen LogP contribution in [0.4, 0.5) is 31.1 Å². The van der Waals surface area contributed by atoms with Gasteiger partial charge in [-0.15, -0.1) is 0 Å². The average molecular weight is 679 g/mol. The van der Waals surface area contributed by atoms with E-state index in [0.717, 1.165) is 4.90 Å². The van der Waals surface area contributed by atoms with Crippen molar-refractivity contribution in [3.05, 3.63) is 101 Å². The second-order valence-electron chi connectivity index (χ2n) is 11.4. The Morgan fingerprint density at radius 2 is 1.58 bits per heavy atom. The maximum absolute atomic E-state index is 13.9. The Morgan fingerprint density at radius 1 is 0.938 bits per heavy atom. The van der Waals surface area contributed by atoms with E-state index in [-0.39, 0.29) is 42.9 Å². The molecule has 48 heavy (non-hydrogen) atoms. The fourth-order valence-electron chi connectivity index (χ4n) is 5.73. The number of nitrogens with one attached hydrogen (secondary N) is 1. The number of halogens is 6. The Kier molecular flexibility index (Phi) is 10.8. The van der Waals surface area contributed by atoms with E-state index in [0.29, 0.717) is 41.9 Å². The molecular formula is C35H36F6N2O5. The molecule has 258 valence electrons. The molecule has 2 N–H and O–H groups in total. The first kappa shape index (κ1) is 36.3. The number of rotatable bonds is 13. The molecular weight excluding hydrogens is 642 g/mol. The Labute approximate surface area is 274 Å². The lowest BCUT2D eigenvalue weighted by Crippen LogP contribution is -2.54. The number of hydrogen-bond donors (Lipinski definition) is 2. The molecule has 7 nitrogen and oxygen atoms in total. The number of carbonyl (C=O) groups is 2. The van der Waals surface area contributed by atoms with Crippen molar-refractivity contribution >= 4 is 18.0 Å². The Bertz CT molecular complexity index is 1610. The lowest BCUT2D eigenvalue weighted by atomic mass is 9.87. The summed E-state index contributed by atoms with van der Waals surface area (Å²) in [6, 6.07) is 15.9. The smallest absolute Gasteiger partial charge is 0.430 e. The molecule has 1 atom stereocenters. The summed E-state index contributed by atoms with van der Waals surface area (Å²) in [6.45, 7) is 3.33. The second kappa shape index (κ2) is 14.3. The third kappa shape index (κ3) is 7.01. The number of allylic oxidation sites excluding steroid dienone is 1. The summed E-state index contributed by atoms with van der Waals surface area (Å²) in [5, 5.41) is 13.0. The maximum Gasteiger partial charge on any atom is 0.430 e. The molecule has 1 aliphatic rings. The van der Waals surface area contributed by atoms with Crippen LogP contribution in [-0.4, -0.2) is 54.6 Å². The normalized spacial score (nSPS) is 17.2. The predicted octanol–water partition coefficient (Wildman–Crippen LogP) is 7.65. The van der Waals surface area contributed by atoms with Gasteiger partial charge in [-0.25, -0.2) is 4.79 Å². The third-order valence-corrected chi connectivity index (χ3v) is 8.33. The van der Waals surface area contributed by atoms with Gasteiger partial charge in [0.15, 0.2) is 0 Å². The highest BCUT2D eigenvalue weighted by Gasteiger charge is 2.71. The number of hydrogen-bond acceptors (Lipinski definition) is 5. The van der Waals surface area contributed by atoms with Crippen LogP contribution in [0.5, 0.6) is 11.5 Å². The van der Waals surface area contributed by atoms with Crippen LogP contribution in [0.1, 0.15) is 60.9 Å². The van der Waals surface area contributed by atoms with E-state index in [2.05, 4.69) is 5.32 Å². The lowest BCUT2D eigenvalue weighted by molar-refractivity contribution is -0.376. The molecule has 1 fully saturated rings. The highest BCUT2D eigenvalue weighted by Crippen LogP contribution is 2.51. The number of methoxy groups -OCH3 is 1. The quantitative estimate of drug-likeness (QED) is 0.110. The molecule has 1 saturated heterocycles. The number of amides is 3. The molecule has 0 aliphatic carbocycles. The van der Waals surface area contributed by atoms with Crippen molar-refractivity contribution in [3.8, 4) is 11.5 Å². The first-order chi connectivity index (χ1) is 22.6. The van der Waals surface area contributed by atoms with Gasteiger partial charge in [0, 0.05) is 24.1 Å². The second-order valence-corrected chi connectivity index (χ2v) is 11.4. The van der Waals surface area contributed by atoms with Crippen molar-refractivity contribution in [1.82, 2.24) is 10.2 Å². The van der Waals surface area contributed by atoms with E-state index in [1.54, 1.807) is 61.5 Å². The molecule has 0 spiro atoms. The molecule has 0 saturated carbocycles. The van der Waals surface area contributed by atoms with Crippen molar-refractivity contribution in [3.63, 3.8) is 0 Å². The van der Waals surface area contributed by atoms with Crippen LogP contribution in [0.2, 0.25) is 0 Å². The molecule has 1 unspecified atom stereocenters. The lowest BCUT2D eigenvalue weighted by Gasteiger charge is -2.33. The van der Waals surface area contributed by atoms with E-state index in [4.69, 9.17) is 9.47 Å². The van der Waals surface area contributed by atoms with E-state index in [1.165, 1.54) is 26.2 Å². The summed E-state index contributed by atoms with van der Waals surface area (Å²) in [7, 11) is 1.51. The highest BCUT2D eigenvalue weighted by molar-refractivity contribution is 6.07. The van der Waals surface area contributed by atoms with Gasteiger partial charge in [0.05, 0.1) is 13.7 Å². The number of aliphatic hydroxyl groups is 1. The van der Waals surface area contributed by atoms with Crippen molar-refractivity contribution in [2.24, 2.45) is 0 Å². The molecule has 3 aromatic carbocycles. The summed E-state index contributed by atoms with van der Waals surface area (Å²) in [5.41, 5.74) is -6.66. The zero-order valence-corrected chi connectivity index (χ0v) is 26.5. The van der Waals surface area contributed by atoms with Gasteiger partial charge in [-0.05, 0) is 67.1 Å². The van der Waals surface area contributed by atoms with Crippen LogP contribution in [0.25, 0.3) is 6.08 Å². The van der Waals surface area contributed by atoms with Crippen LogP contribution in [0.3, 0.4) is 0 Å². The van der Waals surface area contributed by atoms with Gasteiger partial charge in [0.1, 0.15) is 17.0 Å². The van der Waals surface area contributed by atoms with Crippen molar-refractivity contribution in [1.29, 1.82) is 0 Å². The topological polar surface area (TPSA) is 88.1 Å². The van der Waals surface area contributed by atoms with Crippen molar-refractivity contribution in [2.45, 2.75) is 63.0 Å². The predicted molar refractivity (Wildman–Crippen MR) is 166 cm³/mol. The molecule has 3 amide bonds. The van der Waals surface area contributed by atoms with Gasteiger partial charge in [-0.1, -0.05) is 61.5 Å². The Hall–Kier alpha value is -4.52. The van der Waals surface area contributed by atoms with E-state index >= 15 is 0 Å². The summed E-state index contributed by atoms with van der Waals surface area (Å²) in [4.78, 5) is 27.5. The number of unbranched alkanes of at least 4 members (excludes halogenated alkanes) is 1. The Balaban J connectivity index is 1.56. The first-order valence-corrected chi connectivity index (χ1v) is 15.2. The molecule has 0 bridgehead atoms. The van der Waals surface area contributed by atoms with Crippen molar-refractivity contribution in [2.75, 3.05) is 20.3 Å². The van der Waals surface area contributed by atoms with Gasteiger partial charge < -0.3 is 19.9 Å². The first-order valence-electron chi connectivity index (χ1n) is 15.2. The van der Waals surface area contributed by atoms with Crippen molar-refractivity contribution < 1.29 is 50.5 Å². The maximum atomic E-state index is 13.9. The number of carbonyl (C=O) groups excluding carboxylic acids is 2. The molecule has 0 radical (unpaired) electrons. The van der Waals surface area contributed by atoms with E-state index in [9.17, 15) is 41.0 Å². The van der Waals surface area contributed by atoms with Crippen LogP contribution in [-0.2, 0) is 22.4 Å². The standard InChI is InChI=1S/C35H36F6N2O5/c1-4-11-24-21-27(33(46,34(36,37)38)35(39,40)41)22-25(20-23-12-7-6-8-13-23)29(24)48-19-10-9-18-43-30(44)32(5-2,42-31(43)45)26-14-16-28(47-3)17-15-26/h4,6-8,11-17,21-22,46H,5,9-10,18-20H2,1-3H3,(H,42,45). The molecule has 4 rings (SSSR count). The number of nitrogens with zero attached hydrogens (tertiary/aromatic N) is 1. The third-order valence-electron chi connectivity index (χ3n) is 8.33. The summed E-state index contributed by atoms with van der Waals surface area (Å²) in [6.07, 6.45) is -8.59. The number of urea groups is 1. The van der Waals surface area contributed by atoms with Crippen LogP contribution in [0.15, 0.2) is 72.8 Å². The van der Waals surface area contributed by atoms with Crippen LogP contribution >= 0.6 is 0 Å². The molecule has 1 heterocycles. The summed E-state index contributed by atoms with van der Waals surface area (Å²) in [5.74, 6) is 0.222. The number of alkyl halides is 6. The van der Waals surface area contributed by atoms with Gasteiger partial charge >= 0.3 is 18.4 Å². The zero-order valence-electron chi connectivity index (χ0n) is 26.5. The highest BCUT2D eigenvalue weighted by atomic mass is 19.4. The van der Waals surface area contributed by atoms with Crippen LogP contribution < -0.4 is 14.8 Å². The van der Waals surface area contributed by atoms with Gasteiger partial charge in [-0.2, -0.15) is 26.3 Å². The monoisotopic (exact) mass is 678 g/mol. The molecule has 0 aromatic heterocycles. The molecule has 3 aromatic rings. The fraction of sp³-hybridized carbons (Fsp3) is 0.371. The SMILES string of the molecule is CC=Cc1cc(C(O)(C(F)(F)F)C(F)(F)F)cc(Cc2ccccc2)c1OCCCCN1C(=O)NC(CC)(c2ccc(OC)cc2)C1=O. The van der Waals surface area contributed by atoms with E-state index in [1.807, 2.05) is 0 Å². The number of imide groups is 1. The zero-order chi connectivity index (χ0) is 35.3. The molecule has 13 heteroatoms. The van der Waals surface area contributed by atoms with Gasteiger partial charge in [0.25, 0.3) is 11.5 Å². The fourth-order valence-corrected chi connectivity index (χ4v) is 5.73. The van der Waals surface area contributed by atoms with Gasteiger partial charge in [-0.3, -0.25) is 9.69 Å². The average Bonchev–Trinajstić information content (AvgIpc) is 3.29. The van der Waals surface area contributed by atoms with E-state index < -0.39 is 41.0 Å². The largest absolute Gasteiger partial charge is 0.497 e. The summed E-state index contributed by atoms with van der Waals surface area (Å²) >= 11 is 0. The minimum atomic E-state index is -6.06. The van der Waals surface area contributed by atoms with Gasteiger partial charge in [0.2, 0.25) is 0 Å². The summed E-state index contributed by atoms with van der Waals surface area (Å²) < 4.78 is 94.3. The minimum Gasteiger partial charge on any atom is -0.497 e. The van der Waals surface area contributed by atoms with Crippen LogP contribution in [0, 0.1) is 0 Å². The molecule has 1 aliphatic heterocycles. The Morgan fingerprint density at radius 3 is 2.15 bits per heavy atom. The number of ether oxygens (including phenoxy) is 2. The number of benzene rings is 3.